The number of esters is 1. The fraction of sp³-hybridized carbons (Fsp3) is 0.318. The molecule has 3 fully saturated rings. The molecule has 2 aromatic carbocycles. The van der Waals surface area contributed by atoms with E-state index in [1.54, 1.807) is 24.3 Å². The van der Waals surface area contributed by atoms with Gasteiger partial charge in [-0.05, 0) is 61.2 Å². The van der Waals surface area contributed by atoms with Crippen LogP contribution >= 0.6 is 0 Å². The van der Waals surface area contributed by atoms with Gasteiger partial charge >= 0.3 is 5.97 Å². The molecule has 2 amide bonds. The quantitative estimate of drug-likeness (QED) is 0.780. The normalized spacial score (nSPS) is 28.9. The van der Waals surface area contributed by atoms with E-state index < -0.39 is 0 Å². The first-order valence-electron chi connectivity index (χ1n) is 9.68. The highest BCUT2D eigenvalue weighted by molar-refractivity contribution is 6.05. The second-order valence-electron chi connectivity index (χ2n) is 7.95. The van der Waals surface area contributed by atoms with Crippen LogP contribution in [0, 0.1) is 29.5 Å². The van der Waals surface area contributed by atoms with E-state index in [0.717, 1.165) is 12.8 Å². The van der Waals surface area contributed by atoms with Gasteiger partial charge in [0.2, 0.25) is 5.91 Å². The number of carbonyl (C=O) groups excluding carboxylic acids is 3. The number of hydrogen-bond donors (Lipinski definition) is 2. The van der Waals surface area contributed by atoms with Crippen molar-refractivity contribution >= 4 is 29.2 Å². The molecule has 0 aromatic heterocycles. The molecule has 148 valence electrons. The third-order valence-corrected chi connectivity index (χ3v) is 6.28. The van der Waals surface area contributed by atoms with Crippen molar-refractivity contribution in [1.29, 1.82) is 0 Å². The Bertz CT molecular complexity index is 1000. The minimum absolute atomic E-state index is 0.0139. The van der Waals surface area contributed by atoms with Crippen LogP contribution in [0.1, 0.15) is 23.2 Å². The predicted octanol–water partition coefficient (Wildman–Crippen LogP) is 3.21. The molecule has 1 saturated heterocycles. The third-order valence-electron chi connectivity index (χ3n) is 6.28. The standard InChI is InChI=1S/C22H19FN2O4/c23-13-4-6-14(7-5-13)24-20(26)11-2-1-3-15(8-11)25-21(27)18-12-9-16-17(10-12)29-22(28)19(16)18/h1-8,12,16-19H,9-10H2,(H,24,26)(H,25,27)/t12-,16+,17-,18-,19+/m1/s1. The lowest BCUT2D eigenvalue weighted by Gasteiger charge is -2.23. The average Bonchev–Trinajstić information content (AvgIpc) is 3.32. The van der Waals surface area contributed by atoms with Crippen LogP contribution < -0.4 is 10.6 Å². The molecule has 0 radical (unpaired) electrons. The highest BCUT2D eigenvalue weighted by Gasteiger charge is 2.63. The van der Waals surface area contributed by atoms with Gasteiger partial charge in [-0.2, -0.15) is 0 Å². The summed E-state index contributed by atoms with van der Waals surface area (Å²) >= 11 is 0. The lowest BCUT2D eigenvalue weighted by molar-refractivity contribution is -0.145. The van der Waals surface area contributed by atoms with Crippen LogP contribution in [0.2, 0.25) is 0 Å². The minimum atomic E-state index is -0.384. The summed E-state index contributed by atoms with van der Waals surface area (Å²) in [5.41, 5.74) is 1.33. The number of benzene rings is 2. The van der Waals surface area contributed by atoms with Crippen molar-refractivity contribution in [3.05, 3.63) is 59.9 Å². The number of fused-ring (bicyclic) bond motifs is 1. The molecule has 6 nitrogen and oxygen atoms in total. The molecule has 3 aliphatic rings. The highest BCUT2D eigenvalue weighted by atomic mass is 19.1. The Morgan fingerprint density at radius 3 is 2.59 bits per heavy atom. The number of ether oxygens (including phenoxy) is 1. The monoisotopic (exact) mass is 394 g/mol. The van der Waals surface area contributed by atoms with Gasteiger partial charge in [0.1, 0.15) is 11.9 Å². The van der Waals surface area contributed by atoms with E-state index in [-0.39, 0.29) is 53.4 Å². The van der Waals surface area contributed by atoms with Crippen molar-refractivity contribution in [2.24, 2.45) is 23.7 Å². The van der Waals surface area contributed by atoms with Gasteiger partial charge in [-0.25, -0.2) is 4.39 Å². The topological polar surface area (TPSA) is 84.5 Å². The van der Waals surface area contributed by atoms with Gasteiger partial charge in [-0.1, -0.05) is 6.07 Å². The molecule has 5 rings (SSSR count). The summed E-state index contributed by atoms with van der Waals surface area (Å²) in [6, 6.07) is 12.1. The molecule has 2 N–H and O–H groups in total. The molecule has 0 unspecified atom stereocenters. The van der Waals surface area contributed by atoms with Crippen LogP contribution in [0.3, 0.4) is 0 Å². The molecule has 5 atom stereocenters. The number of halogens is 1. The van der Waals surface area contributed by atoms with Crippen LogP contribution in [0.5, 0.6) is 0 Å². The van der Waals surface area contributed by atoms with Gasteiger partial charge in [0.25, 0.3) is 5.91 Å². The van der Waals surface area contributed by atoms with Crippen molar-refractivity contribution < 1.29 is 23.5 Å². The van der Waals surface area contributed by atoms with Gasteiger partial charge < -0.3 is 15.4 Å². The molecular formula is C22H19FN2O4. The number of anilines is 2. The minimum Gasteiger partial charge on any atom is -0.462 e. The maximum Gasteiger partial charge on any atom is 0.310 e. The summed E-state index contributed by atoms with van der Waals surface area (Å²) in [4.78, 5) is 37.5. The number of nitrogens with one attached hydrogen (secondary N) is 2. The first-order valence-corrected chi connectivity index (χ1v) is 9.68. The molecule has 2 bridgehead atoms. The first-order chi connectivity index (χ1) is 14.0. The molecule has 29 heavy (non-hydrogen) atoms. The molecule has 2 aliphatic carbocycles. The summed E-state index contributed by atoms with van der Waals surface area (Å²) < 4.78 is 18.4. The first kappa shape index (κ1) is 17.8. The van der Waals surface area contributed by atoms with Gasteiger partial charge in [-0.15, -0.1) is 0 Å². The van der Waals surface area contributed by atoms with E-state index in [1.165, 1.54) is 24.3 Å². The van der Waals surface area contributed by atoms with E-state index in [9.17, 15) is 18.8 Å². The van der Waals surface area contributed by atoms with Crippen LogP contribution in [-0.2, 0) is 14.3 Å². The van der Waals surface area contributed by atoms with E-state index in [1.807, 2.05) is 0 Å². The summed E-state index contributed by atoms with van der Waals surface area (Å²) in [6.07, 6.45) is 1.60. The van der Waals surface area contributed by atoms with Gasteiger partial charge in [0.15, 0.2) is 0 Å². The Morgan fingerprint density at radius 1 is 1.00 bits per heavy atom. The van der Waals surface area contributed by atoms with Crippen molar-refractivity contribution in [3.63, 3.8) is 0 Å². The third kappa shape index (κ3) is 3.06. The van der Waals surface area contributed by atoms with Crippen LogP contribution in [-0.4, -0.2) is 23.9 Å². The second-order valence-corrected chi connectivity index (χ2v) is 7.95. The largest absolute Gasteiger partial charge is 0.462 e. The van der Waals surface area contributed by atoms with Gasteiger partial charge in [-0.3, -0.25) is 14.4 Å². The lowest BCUT2D eigenvalue weighted by Crippen LogP contribution is -2.35. The van der Waals surface area contributed by atoms with Crippen LogP contribution in [0.15, 0.2) is 48.5 Å². The number of carbonyl (C=O) groups is 3. The van der Waals surface area contributed by atoms with Gasteiger partial charge in [0.05, 0.1) is 11.8 Å². The Morgan fingerprint density at radius 2 is 1.79 bits per heavy atom. The SMILES string of the molecule is O=C(Nc1ccc(F)cc1)c1cccc(NC(=O)[C@@H]2[C@@H]3C[C@@H]4[C@@H]2C(=O)O[C@@H]4C3)c1. The maximum atomic E-state index is 13.0. The summed E-state index contributed by atoms with van der Waals surface area (Å²) in [5.74, 6) is -1.58. The summed E-state index contributed by atoms with van der Waals surface area (Å²) in [7, 11) is 0. The smallest absolute Gasteiger partial charge is 0.310 e. The summed E-state index contributed by atoms with van der Waals surface area (Å²) in [5, 5.41) is 5.55. The molecule has 7 heteroatoms. The van der Waals surface area contributed by atoms with E-state index in [2.05, 4.69) is 10.6 Å². The number of amides is 2. The Hall–Kier alpha value is -3.22. The molecule has 2 aromatic rings. The number of hydrogen-bond acceptors (Lipinski definition) is 4. The molecule has 0 spiro atoms. The Labute approximate surface area is 166 Å². The van der Waals surface area contributed by atoms with Crippen molar-refractivity contribution in [3.8, 4) is 0 Å². The molecule has 1 aliphatic heterocycles. The summed E-state index contributed by atoms with van der Waals surface area (Å²) in [6.45, 7) is 0. The predicted molar refractivity (Wildman–Crippen MR) is 102 cm³/mol. The fourth-order valence-electron chi connectivity index (χ4n) is 5.06. The van der Waals surface area contributed by atoms with E-state index in [0.29, 0.717) is 16.9 Å². The molecule has 1 heterocycles. The number of rotatable bonds is 4. The van der Waals surface area contributed by atoms with Gasteiger partial charge in [0, 0.05) is 22.9 Å². The average molecular weight is 394 g/mol. The zero-order chi connectivity index (χ0) is 20.1. The zero-order valence-electron chi connectivity index (χ0n) is 15.4. The molecule has 2 saturated carbocycles. The highest BCUT2D eigenvalue weighted by Crippen LogP contribution is 2.57. The van der Waals surface area contributed by atoms with Crippen LogP contribution in [0.25, 0.3) is 0 Å². The van der Waals surface area contributed by atoms with Crippen molar-refractivity contribution in [2.75, 3.05) is 10.6 Å². The van der Waals surface area contributed by atoms with Crippen molar-refractivity contribution in [2.45, 2.75) is 18.9 Å². The Balaban J connectivity index is 1.29. The molecular weight excluding hydrogens is 375 g/mol. The maximum absolute atomic E-state index is 13.0. The lowest BCUT2D eigenvalue weighted by atomic mass is 9.79. The van der Waals surface area contributed by atoms with E-state index in [4.69, 9.17) is 4.74 Å². The second kappa shape index (κ2) is 6.69. The van der Waals surface area contributed by atoms with Crippen molar-refractivity contribution in [1.82, 2.24) is 0 Å². The fourth-order valence-corrected chi connectivity index (χ4v) is 5.06. The van der Waals surface area contributed by atoms with Crippen LogP contribution in [0.4, 0.5) is 15.8 Å². The Kier molecular flexibility index (Phi) is 4.12. The zero-order valence-corrected chi connectivity index (χ0v) is 15.4. The van der Waals surface area contributed by atoms with E-state index >= 15 is 0 Å².